The number of Topliss-reactive ketones (excluding diaryl/α,β-unsaturated/α-hetero) is 1. The van der Waals surface area contributed by atoms with Crippen LogP contribution in [0.2, 0.25) is 0 Å². The van der Waals surface area contributed by atoms with E-state index in [0.717, 1.165) is 23.4 Å². The van der Waals surface area contributed by atoms with E-state index in [1.54, 1.807) is 18.4 Å². The molecule has 28 heavy (non-hydrogen) atoms. The predicted molar refractivity (Wildman–Crippen MR) is 108 cm³/mol. The van der Waals surface area contributed by atoms with Crippen LogP contribution in [0.15, 0.2) is 57.8 Å². The Bertz CT molecular complexity index is 1120. The molecule has 2 atom stereocenters. The number of aromatic amines is 2. The molecule has 0 amide bonds. The lowest BCUT2D eigenvalue weighted by molar-refractivity contribution is -0.116. The van der Waals surface area contributed by atoms with Crippen LogP contribution in [-0.2, 0) is 4.79 Å². The highest BCUT2D eigenvalue weighted by Crippen LogP contribution is 2.47. The molecule has 7 heteroatoms. The first-order chi connectivity index (χ1) is 13.7. The minimum absolute atomic E-state index is 0.0965. The van der Waals surface area contributed by atoms with Gasteiger partial charge in [-0.05, 0) is 35.6 Å². The van der Waals surface area contributed by atoms with Crippen LogP contribution >= 0.6 is 11.3 Å². The van der Waals surface area contributed by atoms with Crippen molar-refractivity contribution in [3.63, 3.8) is 0 Å². The highest BCUT2D eigenvalue weighted by atomic mass is 32.1. The Morgan fingerprint density at radius 2 is 1.89 bits per heavy atom. The van der Waals surface area contributed by atoms with E-state index in [4.69, 9.17) is 4.74 Å². The van der Waals surface area contributed by atoms with Crippen molar-refractivity contribution in [2.75, 3.05) is 12.4 Å². The van der Waals surface area contributed by atoms with Crippen LogP contribution in [0.3, 0.4) is 0 Å². The van der Waals surface area contributed by atoms with Gasteiger partial charge in [-0.3, -0.25) is 19.8 Å². The van der Waals surface area contributed by atoms with E-state index >= 15 is 0 Å². The Labute approximate surface area is 165 Å². The lowest BCUT2D eigenvalue weighted by atomic mass is 9.74. The molecule has 0 radical (unpaired) electrons. The summed E-state index contributed by atoms with van der Waals surface area (Å²) in [7, 11) is 1.62. The second kappa shape index (κ2) is 6.53. The average molecular weight is 393 g/mol. The summed E-state index contributed by atoms with van der Waals surface area (Å²) in [5, 5.41) is 10.9. The number of benzene rings is 1. The maximum Gasteiger partial charge on any atom is 0.270 e. The second-order valence-electron chi connectivity index (χ2n) is 7.13. The number of allylic oxidation sites excluding steroid dienone is 2. The molecule has 2 aromatic heterocycles. The minimum Gasteiger partial charge on any atom is -0.497 e. The van der Waals surface area contributed by atoms with E-state index in [2.05, 4.69) is 21.6 Å². The summed E-state index contributed by atoms with van der Waals surface area (Å²) in [6.07, 6.45) is 1.21. The van der Waals surface area contributed by atoms with Crippen LogP contribution in [0.4, 0.5) is 5.82 Å². The minimum atomic E-state index is -0.385. The van der Waals surface area contributed by atoms with Gasteiger partial charge < -0.3 is 10.1 Å². The molecule has 3 N–H and O–H groups in total. The molecule has 0 saturated carbocycles. The van der Waals surface area contributed by atoms with Crippen molar-refractivity contribution in [2.24, 2.45) is 0 Å². The summed E-state index contributed by atoms with van der Waals surface area (Å²) in [5.74, 6) is 1.26. The predicted octanol–water partition coefficient (Wildman–Crippen LogP) is 3.73. The number of aromatic nitrogens is 2. The zero-order valence-corrected chi connectivity index (χ0v) is 16.1. The third-order valence-electron chi connectivity index (χ3n) is 5.57. The summed E-state index contributed by atoms with van der Waals surface area (Å²) in [4.78, 5) is 27.0. The average Bonchev–Trinajstić information content (AvgIpc) is 3.37. The number of hydrogen-bond acceptors (Lipinski definition) is 5. The van der Waals surface area contributed by atoms with Gasteiger partial charge in [-0.2, -0.15) is 0 Å². The first kappa shape index (κ1) is 17.1. The quantitative estimate of drug-likeness (QED) is 0.633. The number of carbonyl (C=O) groups excluding carboxylic acids is 1. The first-order valence-corrected chi connectivity index (χ1v) is 10.0. The molecule has 1 aliphatic carbocycles. The molecule has 2 unspecified atom stereocenters. The molecule has 0 bridgehead atoms. The van der Waals surface area contributed by atoms with E-state index in [1.807, 2.05) is 35.7 Å². The third-order valence-corrected chi connectivity index (χ3v) is 6.61. The molecule has 0 spiro atoms. The number of methoxy groups -OCH3 is 1. The SMILES string of the molecule is COc1ccc(C2C3=C(CC(c4cccs4)CC3=O)Nc3[nH][nH]c(=O)c32)cc1. The summed E-state index contributed by atoms with van der Waals surface area (Å²) in [6.45, 7) is 0. The third kappa shape index (κ3) is 2.62. The molecule has 3 aromatic rings. The fourth-order valence-electron chi connectivity index (χ4n) is 4.28. The number of rotatable bonds is 3. The van der Waals surface area contributed by atoms with Gasteiger partial charge >= 0.3 is 0 Å². The second-order valence-corrected chi connectivity index (χ2v) is 8.11. The summed E-state index contributed by atoms with van der Waals surface area (Å²) in [6, 6.07) is 11.7. The van der Waals surface area contributed by atoms with Gasteiger partial charge in [0, 0.05) is 34.4 Å². The lowest BCUT2D eigenvalue weighted by Gasteiger charge is -2.34. The Balaban J connectivity index is 1.63. The van der Waals surface area contributed by atoms with Crippen LogP contribution in [0.25, 0.3) is 0 Å². The number of hydrogen-bond donors (Lipinski definition) is 3. The van der Waals surface area contributed by atoms with Crippen LogP contribution in [0, 0.1) is 0 Å². The van der Waals surface area contributed by atoms with Gasteiger partial charge in [-0.1, -0.05) is 18.2 Å². The number of ether oxygens (including phenoxy) is 1. The maximum absolute atomic E-state index is 13.2. The summed E-state index contributed by atoms with van der Waals surface area (Å²) < 4.78 is 5.25. The molecule has 2 aliphatic rings. The highest BCUT2D eigenvalue weighted by molar-refractivity contribution is 7.10. The van der Waals surface area contributed by atoms with Gasteiger partial charge in [0.15, 0.2) is 5.78 Å². The molecule has 0 fully saturated rings. The fraction of sp³-hybridized carbons (Fsp3) is 0.238. The van der Waals surface area contributed by atoms with Crippen molar-refractivity contribution in [1.82, 2.24) is 10.2 Å². The van der Waals surface area contributed by atoms with Crippen molar-refractivity contribution in [3.05, 3.63) is 79.4 Å². The largest absolute Gasteiger partial charge is 0.497 e. The molecular weight excluding hydrogens is 374 g/mol. The van der Waals surface area contributed by atoms with E-state index in [9.17, 15) is 9.59 Å². The Morgan fingerprint density at radius 3 is 2.61 bits per heavy atom. The van der Waals surface area contributed by atoms with Gasteiger partial charge in [-0.15, -0.1) is 11.3 Å². The fourth-order valence-corrected chi connectivity index (χ4v) is 5.11. The monoisotopic (exact) mass is 393 g/mol. The summed E-state index contributed by atoms with van der Waals surface area (Å²) in [5.41, 5.74) is 2.87. The van der Waals surface area contributed by atoms with Gasteiger partial charge in [0.1, 0.15) is 11.6 Å². The normalized spacial score (nSPS) is 21.1. The highest BCUT2D eigenvalue weighted by Gasteiger charge is 2.40. The van der Waals surface area contributed by atoms with Crippen LogP contribution < -0.4 is 15.6 Å². The first-order valence-electron chi connectivity index (χ1n) is 9.17. The van der Waals surface area contributed by atoms with Crippen LogP contribution in [0.1, 0.15) is 40.7 Å². The molecule has 5 rings (SSSR count). The lowest BCUT2D eigenvalue weighted by Crippen LogP contribution is -2.31. The number of ketones is 1. The van der Waals surface area contributed by atoms with Gasteiger partial charge in [0.2, 0.25) is 0 Å². The van der Waals surface area contributed by atoms with Crippen molar-refractivity contribution >= 4 is 22.9 Å². The van der Waals surface area contributed by atoms with Crippen LogP contribution in [0.5, 0.6) is 5.75 Å². The number of H-pyrrole nitrogens is 2. The zero-order valence-electron chi connectivity index (χ0n) is 15.2. The van der Waals surface area contributed by atoms with Gasteiger partial charge in [-0.25, -0.2) is 0 Å². The van der Waals surface area contributed by atoms with Crippen molar-refractivity contribution in [2.45, 2.75) is 24.7 Å². The van der Waals surface area contributed by atoms with E-state index in [-0.39, 0.29) is 23.2 Å². The Kier molecular flexibility index (Phi) is 3.98. The number of anilines is 1. The Hall–Kier alpha value is -3.06. The van der Waals surface area contributed by atoms with E-state index in [0.29, 0.717) is 23.4 Å². The Morgan fingerprint density at radius 1 is 1.07 bits per heavy atom. The molecular formula is C21H19N3O3S. The molecule has 1 aromatic carbocycles. The summed E-state index contributed by atoms with van der Waals surface area (Å²) >= 11 is 1.68. The number of fused-ring (bicyclic) bond motifs is 1. The smallest absolute Gasteiger partial charge is 0.270 e. The topological polar surface area (TPSA) is 87.0 Å². The van der Waals surface area contributed by atoms with Crippen molar-refractivity contribution in [1.29, 1.82) is 0 Å². The van der Waals surface area contributed by atoms with E-state index in [1.165, 1.54) is 4.88 Å². The van der Waals surface area contributed by atoms with Gasteiger partial charge in [0.25, 0.3) is 5.56 Å². The number of thiophene rings is 1. The molecule has 0 saturated heterocycles. The standard InChI is InChI=1S/C21H19N3O3S/c1-27-13-6-4-11(5-7-13)17-18-14(22-20-19(17)21(26)24-23-20)9-12(10-15(18)25)16-3-2-8-28-16/h2-8,12,17H,9-10H2,1H3,(H3,22,23,24,26). The molecule has 6 nitrogen and oxygen atoms in total. The van der Waals surface area contributed by atoms with E-state index < -0.39 is 0 Å². The molecule has 1 aliphatic heterocycles. The number of nitrogens with one attached hydrogen (secondary N) is 3. The van der Waals surface area contributed by atoms with Crippen molar-refractivity contribution in [3.8, 4) is 5.75 Å². The number of carbonyl (C=O) groups is 1. The van der Waals surface area contributed by atoms with Gasteiger partial charge in [0.05, 0.1) is 12.7 Å². The van der Waals surface area contributed by atoms with Crippen LogP contribution in [-0.4, -0.2) is 23.1 Å². The maximum atomic E-state index is 13.2. The molecule has 3 heterocycles. The van der Waals surface area contributed by atoms with Crippen molar-refractivity contribution < 1.29 is 9.53 Å². The zero-order chi connectivity index (χ0) is 19.3. The molecule has 142 valence electrons.